The summed E-state index contributed by atoms with van der Waals surface area (Å²) < 4.78 is 10.6. The summed E-state index contributed by atoms with van der Waals surface area (Å²) in [7, 11) is 1.51. The highest BCUT2D eigenvalue weighted by molar-refractivity contribution is 5.87. The van der Waals surface area contributed by atoms with Gasteiger partial charge in [0.2, 0.25) is 0 Å². The van der Waals surface area contributed by atoms with Crippen molar-refractivity contribution in [2.45, 2.75) is 6.61 Å². The van der Waals surface area contributed by atoms with Crippen LogP contribution in [-0.2, 0) is 6.61 Å². The van der Waals surface area contributed by atoms with Crippen LogP contribution in [0.1, 0.15) is 21.6 Å². The molecule has 0 aliphatic heterocycles. The Kier molecular flexibility index (Phi) is 4.36. The number of hydrogen-bond donors (Lipinski definition) is 1. The van der Waals surface area contributed by atoms with Crippen LogP contribution in [0.4, 0.5) is 0 Å². The Morgan fingerprint density at radius 3 is 2.67 bits per heavy atom. The summed E-state index contributed by atoms with van der Waals surface area (Å²) in [5.41, 5.74) is 1.13. The lowest BCUT2D eigenvalue weighted by Crippen LogP contribution is -2.02. The molecule has 2 rings (SSSR count). The minimum Gasteiger partial charge on any atom is -0.497 e. The fraction of sp³-hybridized carbons (Fsp3) is 0.133. The van der Waals surface area contributed by atoms with Crippen LogP contribution in [-0.4, -0.2) is 23.2 Å². The molecular formula is C15H12N2O4. The largest absolute Gasteiger partial charge is 0.497 e. The molecule has 1 N–H and O–H groups in total. The van der Waals surface area contributed by atoms with Gasteiger partial charge in [0, 0.05) is 12.3 Å². The van der Waals surface area contributed by atoms with Crippen LogP contribution < -0.4 is 9.47 Å². The zero-order valence-corrected chi connectivity index (χ0v) is 11.2. The smallest absolute Gasteiger partial charge is 0.337 e. The molecule has 1 aromatic carbocycles. The molecule has 0 unspecified atom stereocenters. The summed E-state index contributed by atoms with van der Waals surface area (Å²) in [4.78, 5) is 14.7. The molecule has 0 atom stereocenters. The molecule has 0 aliphatic carbocycles. The lowest BCUT2D eigenvalue weighted by molar-refractivity contribution is 0.0696. The van der Waals surface area contributed by atoms with Crippen LogP contribution in [0.2, 0.25) is 0 Å². The van der Waals surface area contributed by atoms with E-state index in [1.807, 2.05) is 6.07 Å². The van der Waals surface area contributed by atoms with E-state index >= 15 is 0 Å². The number of carbonyl (C=O) groups is 1. The molecule has 21 heavy (non-hydrogen) atoms. The molecular weight excluding hydrogens is 272 g/mol. The first kappa shape index (κ1) is 14.3. The van der Waals surface area contributed by atoms with Crippen LogP contribution >= 0.6 is 0 Å². The Hall–Kier alpha value is -3.07. The fourth-order valence-electron chi connectivity index (χ4n) is 1.63. The Morgan fingerprint density at radius 1 is 1.33 bits per heavy atom. The van der Waals surface area contributed by atoms with Crippen molar-refractivity contribution < 1.29 is 19.4 Å². The van der Waals surface area contributed by atoms with Crippen LogP contribution in [0.3, 0.4) is 0 Å². The molecule has 0 aliphatic rings. The number of aromatic carboxylic acids is 1. The highest BCUT2D eigenvalue weighted by Gasteiger charge is 2.05. The van der Waals surface area contributed by atoms with Crippen molar-refractivity contribution in [1.29, 1.82) is 5.26 Å². The van der Waals surface area contributed by atoms with Crippen LogP contribution in [0.5, 0.6) is 11.5 Å². The molecule has 0 radical (unpaired) electrons. The van der Waals surface area contributed by atoms with E-state index in [1.54, 1.807) is 24.3 Å². The average Bonchev–Trinajstić information content (AvgIpc) is 2.52. The van der Waals surface area contributed by atoms with E-state index in [4.69, 9.17) is 19.8 Å². The van der Waals surface area contributed by atoms with Gasteiger partial charge in [-0.2, -0.15) is 5.26 Å². The van der Waals surface area contributed by atoms with Gasteiger partial charge in [-0.1, -0.05) is 0 Å². The van der Waals surface area contributed by atoms with Crippen molar-refractivity contribution >= 4 is 5.97 Å². The quantitative estimate of drug-likeness (QED) is 0.905. The van der Waals surface area contributed by atoms with Gasteiger partial charge in [-0.15, -0.1) is 0 Å². The maximum atomic E-state index is 10.7. The number of rotatable bonds is 5. The highest BCUT2D eigenvalue weighted by Crippen LogP contribution is 2.23. The number of benzene rings is 1. The van der Waals surface area contributed by atoms with E-state index in [0.29, 0.717) is 22.8 Å². The molecule has 0 saturated heterocycles. The zero-order valence-electron chi connectivity index (χ0n) is 11.2. The van der Waals surface area contributed by atoms with Crippen molar-refractivity contribution in [3.63, 3.8) is 0 Å². The first-order valence-electron chi connectivity index (χ1n) is 6.02. The van der Waals surface area contributed by atoms with Gasteiger partial charge in [0.05, 0.1) is 30.0 Å². The van der Waals surface area contributed by atoms with Gasteiger partial charge < -0.3 is 14.6 Å². The number of pyridine rings is 1. The van der Waals surface area contributed by atoms with Gasteiger partial charge in [0.25, 0.3) is 0 Å². The maximum absolute atomic E-state index is 10.7. The predicted molar refractivity (Wildman–Crippen MR) is 73.2 cm³/mol. The lowest BCUT2D eigenvalue weighted by atomic mass is 10.2. The average molecular weight is 284 g/mol. The van der Waals surface area contributed by atoms with Gasteiger partial charge in [-0.05, 0) is 24.3 Å². The van der Waals surface area contributed by atoms with Crippen molar-refractivity contribution in [2.75, 3.05) is 7.11 Å². The number of ether oxygens (including phenoxy) is 2. The standard InChI is InChI=1S/C15H12N2O4/c1-20-13-4-10(7-16)5-14(6-13)21-9-12-3-2-11(8-17-12)15(18)19/h2-6,8H,9H2,1H3,(H,18,19). The van der Waals surface area contributed by atoms with Gasteiger partial charge >= 0.3 is 5.97 Å². The third-order valence-electron chi connectivity index (χ3n) is 2.70. The number of nitrogens with zero attached hydrogens (tertiary/aromatic N) is 2. The van der Waals surface area contributed by atoms with E-state index in [1.165, 1.54) is 19.4 Å². The SMILES string of the molecule is COc1cc(C#N)cc(OCc2ccc(C(=O)O)cn2)c1. The molecule has 1 aromatic heterocycles. The molecule has 6 heteroatoms. The van der Waals surface area contributed by atoms with Crippen molar-refractivity contribution in [1.82, 2.24) is 4.98 Å². The van der Waals surface area contributed by atoms with E-state index in [0.717, 1.165) is 0 Å². The number of hydrogen-bond acceptors (Lipinski definition) is 5. The Labute approximate surface area is 121 Å². The summed E-state index contributed by atoms with van der Waals surface area (Å²) in [6.07, 6.45) is 1.27. The number of aromatic nitrogens is 1. The monoisotopic (exact) mass is 284 g/mol. The van der Waals surface area contributed by atoms with Gasteiger partial charge in [0.15, 0.2) is 0 Å². The van der Waals surface area contributed by atoms with Crippen LogP contribution in [0.15, 0.2) is 36.5 Å². The second-order valence-corrected chi connectivity index (χ2v) is 4.14. The Morgan fingerprint density at radius 2 is 2.10 bits per heavy atom. The summed E-state index contributed by atoms with van der Waals surface area (Å²) >= 11 is 0. The predicted octanol–water partition coefficient (Wildman–Crippen LogP) is 2.24. The van der Waals surface area contributed by atoms with Crippen LogP contribution in [0, 0.1) is 11.3 Å². The topological polar surface area (TPSA) is 92.4 Å². The molecule has 0 bridgehead atoms. The molecule has 0 amide bonds. The van der Waals surface area contributed by atoms with E-state index in [9.17, 15) is 4.79 Å². The van der Waals surface area contributed by atoms with Crippen molar-refractivity contribution in [3.05, 3.63) is 53.3 Å². The molecule has 0 saturated carbocycles. The van der Waals surface area contributed by atoms with Gasteiger partial charge in [-0.25, -0.2) is 4.79 Å². The van der Waals surface area contributed by atoms with E-state index < -0.39 is 5.97 Å². The number of methoxy groups -OCH3 is 1. The van der Waals surface area contributed by atoms with E-state index in [-0.39, 0.29) is 12.2 Å². The Balaban J connectivity index is 2.09. The van der Waals surface area contributed by atoms with Crippen LogP contribution in [0.25, 0.3) is 0 Å². The minimum atomic E-state index is -1.03. The number of nitriles is 1. The number of carboxylic acid groups (broad SMARTS) is 1. The third-order valence-corrected chi connectivity index (χ3v) is 2.70. The molecule has 0 spiro atoms. The van der Waals surface area contributed by atoms with E-state index in [2.05, 4.69) is 4.98 Å². The molecule has 2 aromatic rings. The maximum Gasteiger partial charge on any atom is 0.337 e. The first-order chi connectivity index (χ1) is 10.1. The second-order valence-electron chi connectivity index (χ2n) is 4.14. The normalized spacial score (nSPS) is 9.71. The summed E-state index contributed by atoms with van der Waals surface area (Å²) in [6.45, 7) is 0.165. The fourth-order valence-corrected chi connectivity index (χ4v) is 1.63. The Bertz CT molecular complexity index is 690. The lowest BCUT2D eigenvalue weighted by Gasteiger charge is -2.08. The third kappa shape index (κ3) is 3.70. The van der Waals surface area contributed by atoms with Gasteiger partial charge in [-0.3, -0.25) is 4.98 Å². The minimum absolute atomic E-state index is 0.117. The summed E-state index contributed by atoms with van der Waals surface area (Å²) in [5.74, 6) is -0.0188. The molecule has 1 heterocycles. The number of carboxylic acids is 1. The molecule has 6 nitrogen and oxygen atoms in total. The zero-order chi connectivity index (χ0) is 15.2. The second kappa shape index (κ2) is 6.39. The molecule has 0 fully saturated rings. The van der Waals surface area contributed by atoms with Gasteiger partial charge in [0.1, 0.15) is 18.1 Å². The first-order valence-corrected chi connectivity index (χ1v) is 6.02. The summed E-state index contributed by atoms with van der Waals surface area (Å²) in [5, 5.41) is 17.7. The summed E-state index contributed by atoms with van der Waals surface area (Å²) in [6, 6.07) is 9.91. The van der Waals surface area contributed by atoms with Crippen molar-refractivity contribution in [3.8, 4) is 17.6 Å². The molecule has 106 valence electrons. The van der Waals surface area contributed by atoms with Crippen molar-refractivity contribution in [2.24, 2.45) is 0 Å². The highest BCUT2D eigenvalue weighted by atomic mass is 16.5.